The first kappa shape index (κ1) is 30.5. The minimum absolute atomic E-state index is 0.0481. The van der Waals surface area contributed by atoms with Crippen molar-refractivity contribution in [2.75, 3.05) is 6.61 Å². The molecule has 1 aliphatic rings. The van der Waals surface area contributed by atoms with E-state index in [1.807, 2.05) is 6.08 Å². The number of rotatable bonds is 13. The molecule has 0 radical (unpaired) electrons. The highest BCUT2D eigenvalue weighted by molar-refractivity contribution is 6.49. The third-order valence-electron chi connectivity index (χ3n) is 7.13. The van der Waals surface area contributed by atoms with Crippen molar-refractivity contribution in [3.63, 3.8) is 0 Å². The molecule has 1 rings (SSSR count). The van der Waals surface area contributed by atoms with Gasteiger partial charge in [0.2, 0.25) is 0 Å². The van der Waals surface area contributed by atoms with E-state index in [1.54, 1.807) is 0 Å². The van der Waals surface area contributed by atoms with Crippen LogP contribution in [0.15, 0.2) is 24.8 Å². The molecule has 0 aromatic rings. The first-order valence-corrected chi connectivity index (χ1v) is 18.8. The summed E-state index contributed by atoms with van der Waals surface area (Å²) in [7, 11) is -2.32. The lowest BCUT2D eigenvalue weighted by molar-refractivity contribution is -0.132. The van der Waals surface area contributed by atoms with Crippen molar-refractivity contribution in [3.8, 4) is 0 Å². The molecule has 0 spiro atoms. The highest BCUT2D eigenvalue weighted by atomic mass is 28.3. The van der Waals surface area contributed by atoms with E-state index in [2.05, 4.69) is 86.5 Å². The van der Waals surface area contributed by atoms with Crippen molar-refractivity contribution >= 4 is 23.9 Å². The largest absolute Gasteiger partial charge is 0.421 e. The highest BCUT2D eigenvalue weighted by Crippen LogP contribution is 2.51. The Hall–Kier alpha value is -0.496. The molecule has 0 aromatic carbocycles. The van der Waals surface area contributed by atoms with Crippen LogP contribution in [0.4, 0.5) is 0 Å². The van der Waals surface area contributed by atoms with E-state index in [9.17, 15) is 4.79 Å². The minimum atomic E-state index is -1.41. The summed E-state index contributed by atoms with van der Waals surface area (Å²) < 4.78 is 12.4. The fourth-order valence-electron chi connectivity index (χ4n) is 5.26. The van der Waals surface area contributed by atoms with Gasteiger partial charge in [-0.05, 0) is 61.7 Å². The molecule has 1 aliphatic carbocycles. The van der Waals surface area contributed by atoms with Crippen LogP contribution in [0.1, 0.15) is 80.1 Å². The van der Waals surface area contributed by atoms with Crippen LogP contribution in [-0.2, 0) is 13.6 Å². The van der Waals surface area contributed by atoms with Crippen molar-refractivity contribution in [1.29, 1.82) is 0 Å². The molecule has 0 bridgehead atoms. The second-order valence-electron chi connectivity index (χ2n) is 12.8. The molecule has 0 amide bonds. The van der Waals surface area contributed by atoms with Gasteiger partial charge in [0.05, 0.1) is 0 Å². The van der Waals surface area contributed by atoms with Crippen LogP contribution in [0.2, 0.25) is 26.2 Å². The molecule has 1 fully saturated rings. The minimum Gasteiger partial charge on any atom is -0.421 e. The van der Waals surface area contributed by atoms with Crippen molar-refractivity contribution in [2.45, 2.75) is 112 Å². The smallest absolute Gasteiger partial charge is 0.172 e. The monoisotopic (exact) mass is 494 g/mol. The molecule has 5 heteroatoms. The molecular formula is C28H54O3Si2. The van der Waals surface area contributed by atoms with Crippen LogP contribution in [0.25, 0.3) is 0 Å². The van der Waals surface area contributed by atoms with E-state index in [-0.39, 0.29) is 28.4 Å². The number of ketones is 1. The lowest BCUT2D eigenvalue weighted by Gasteiger charge is -2.40. The molecule has 0 aliphatic heterocycles. The first-order chi connectivity index (χ1) is 15.1. The van der Waals surface area contributed by atoms with Gasteiger partial charge in [-0.2, -0.15) is 0 Å². The molecule has 3 nitrogen and oxygen atoms in total. The molecule has 0 unspecified atom stereocenters. The Kier molecular flexibility index (Phi) is 12.0. The fraction of sp³-hybridized carbons (Fsp3) is 0.821. The Balaban J connectivity index is 3.12. The van der Waals surface area contributed by atoms with Gasteiger partial charge in [0.25, 0.3) is 0 Å². The third-order valence-corrected chi connectivity index (χ3v) is 8.92. The second-order valence-corrected chi connectivity index (χ2v) is 17.6. The van der Waals surface area contributed by atoms with Gasteiger partial charge in [-0.3, -0.25) is 4.79 Å². The lowest BCUT2D eigenvalue weighted by atomic mass is 9.70. The molecule has 192 valence electrons. The zero-order valence-corrected chi connectivity index (χ0v) is 25.8. The number of allylic oxidation sites excluding steroid dienone is 1. The summed E-state index contributed by atoms with van der Waals surface area (Å²) in [5, 5.41) is 0. The van der Waals surface area contributed by atoms with E-state index in [0.717, 1.165) is 13.0 Å². The maximum Gasteiger partial charge on any atom is 0.172 e. The standard InChI is InChI=1S/C28H54O3Si2/c1-12-19-28(31-33(10)11)23(24(21-25(28)29)27(5,6)7)18-17-22(26(2,3)4)16-14-13-15-20-30-32(8)9/h12,17-18,22-24,32-33H,1,13-16,19-21H2,2-11H3/t22-,23+,24+,28+/m0/s1. The molecule has 0 heterocycles. The van der Waals surface area contributed by atoms with Crippen LogP contribution in [0.5, 0.6) is 0 Å². The summed E-state index contributed by atoms with van der Waals surface area (Å²) in [6.45, 7) is 27.5. The molecule has 4 atom stereocenters. The normalized spacial score (nSPS) is 25.5. The Morgan fingerprint density at radius 2 is 1.70 bits per heavy atom. The van der Waals surface area contributed by atoms with Crippen LogP contribution in [0, 0.1) is 28.6 Å². The van der Waals surface area contributed by atoms with E-state index in [4.69, 9.17) is 8.85 Å². The Bertz CT molecular complexity index is 643. The quantitative estimate of drug-likeness (QED) is 0.153. The maximum absolute atomic E-state index is 13.5. The van der Waals surface area contributed by atoms with Crippen molar-refractivity contribution in [2.24, 2.45) is 28.6 Å². The Morgan fingerprint density at radius 3 is 2.18 bits per heavy atom. The van der Waals surface area contributed by atoms with E-state index < -0.39 is 23.7 Å². The maximum atomic E-state index is 13.5. The van der Waals surface area contributed by atoms with Gasteiger partial charge in [0.15, 0.2) is 23.9 Å². The first-order valence-electron chi connectivity index (χ1n) is 13.3. The lowest BCUT2D eigenvalue weighted by Crippen LogP contribution is -2.47. The number of Topliss-reactive ketones (excluding diaryl/α,β-unsaturated/α-hetero) is 1. The SMILES string of the molecule is C=CC[C@]1(O[SiH](C)C)C(=O)C[C@@H](C(C)(C)C)[C@H]1C=C[C@H](CCCCCO[SiH](C)C)C(C)(C)C. The van der Waals surface area contributed by atoms with Crippen molar-refractivity contribution in [1.82, 2.24) is 0 Å². The van der Waals surface area contributed by atoms with Gasteiger partial charge in [0.1, 0.15) is 5.60 Å². The number of carbonyl (C=O) groups excluding carboxylic acids is 1. The van der Waals surface area contributed by atoms with Gasteiger partial charge in [-0.25, -0.2) is 0 Å². The summed E-state index contributed by atoms with van der Waals surface area (Å²) in [5.41, 5.74) is -0.490. The fourth-order valence-corrected chi connectivity index (χ4v) is 7.12. The summed E-state index contributed by atoms with van der Waals surface area (Å²) >= 11 is 0. The Morgan fingerprint density at radius 1 is 1.06 bits per heavy atom. The average Bonchev–Trinajstić information content (AvgIpc) is 2.91. The highest BCUT2D eigenvalue weighted by Gasteiger charge is 2.56. The van der Waals surface area contributed by atoms with Gasteiger partial charge >= 0.3 is 0 Å². The van der Waals surface area contributed by atoms with Gasteiger partial charge in [-0.1, -0.05) is 72.6 Å². The zero-order chi connectivity index (χ0) is 25.4. The zero-order valence-electron chi connectivity index (χ0n) is 23.5. The van der Waals surface area contributed by atoms with Crippen LogP contribution < -0.4 is 0 Å². The number of carbonyl (C=O) groups is 1. The average molecular weight is 495 g/mol. The topological polar surface area (TPSA) is 35.5 Å². The van der Waals surface area contributed by atoms with Crippen molar-refractivity contribution < 1.29 is 13.6 Å². The summed E-state index contributed by atoms with van der Waals surface area (Å²) in [6.07, 6.45) is 12.7. The molecule has 33 heavy (non-hydrogen) atoms. The van der Waals surface area contributed by atoms with Gasteiger partial charge in [0, 0.05) is 25.4 Å². The molecular weight excluding hydrogens is 440 g/mol. The van der Waals surface area contributed by atoms with Crippen molar-refractivity contribution in [3.05, 3.63) is 24.8 Å². The van der Waals surface area contributed by atoms with Gasteiger partial charge < -0.3 is 8.85 Å². The van der Waals surface area contributed by atoms with Crippen LogP contribution in [-0.4, -0.2) is 36.1 Å². The van der Waals surface area contributed by atoms with E-state index in [0.29, 0.717) is 18.8 Å². The van der Waals surface area contributed by atoms with Crippen LogP contribution >= 0.6 is 0 Å². The molecule has 0 aromatic heterocycles. The summed E-state index contributed by atoms with van der Waals surface area (Å²) in [4.78, 5) is 13.5. The molecule has 0 saturated heterocycles. The van der Waals surface area contributed by atoms with Crippen LogP contribution in [0.3, 0.4) is 0 Å². The molecule has 0 N–H and O–H groups in total. The second kappa shape index (κ2) is 13.0. The Labute approximate surface area is 209 Å². The third kappa shape index (κ3) is 9.23. The predicted molar refractivity (Wildman–Crippen MR) is 149 cm³/mol. The summed E-state index contributed by atoms with van der Waals surface area (Å²) in [6, 6.07) is 0. The number of hydrogen-bond donors (Lipinski definition) is 0. The summed E-state index contributed by atoms with van der Waals surface area (Å²) in [5.74, 6) is 1.14. The number of unbranched alkanes of at least 4 members (excludes halogenated alkanes) is 2. The van der Waals surface area contributed by atoms with Gasteiger partial charge in [-0.15, -0.1) is 6.58 Å². The molecule has 1 saturated carbocycles. The number of hydrogen-bond acceptors (Lipinski definition) is 3. The predicted octanol–water partition coefficient (Wildman–Crippen LogP) is 7.33. The van der Waals surface area contributed by atoms with E-state index >= 15 is 0 Å². The van der Waals surface area contributed by atoms with E-state index in [1.165, 1.54) is 19.3 Å².